The normalized spacial score (nSPS) is 11.5. The second-order valence-corrected chi connectivity index (χ2v) is 7.17. The molecule has 0 aliphatic carbocycles. The number of hydrogen-bond donors (Lipinski definition) is 1. The minimum atomic E-state index is -0.203. The van der Waals surface area contributed by atoms with Gasteiger partial charge in [-0.1, -0.05) is 35.4 Å². The fourth-order valence-corrected chi connectivity index (χ4v) is 3.08. The van der Waals surface area contributed by atoms with Crippen molar-refractivity contribution in [2.75, 3.05) is 5.43 Å². The van der Waals surface area contributed by atoms with Crippen LogP contribution in [0.2, 0.25) is 5.02 Å². The third-order valence-corrected chi connectivity index (χ3v) is 5.17. The Morgan fingerprint density at radius 2 is 1.93 bits per heavy atom. The number of benzene rings is 2. The average Bonchev–Trinajstić information content (AvgIpc) is 3.10. The van der Waals surface area contributed by atoms with Crippen LogP contribution in [0.4, 0.5) is 5.69 Å². The SMILES string of the molecule is CC(=O)C(=NNc1cccc(Cl)c1C)Sc1nnnn1-c1ccc(C)cc1. The largest absolute Gasteiger partial charge is 0.292 e. The number of nitrogens with zero attached hydrogens (tertiary/aromatic N) is 5. The molecule has 1 aromatic heterocycles. The van der Waals surface area contributed by atoms with Gasteiger partial charge in [0.1, 0.15) is 0 Å². The van der Waals surface area contributed by atoms with Crippen molar-refractivity contribution in [1.82, 2.24) is 20.2 Å². The number of Topliss-reactive ketones (excluding diaryl/α,β-unsaturated/α-hetero) is 1. The number of hydrogen-bond acceptors (Lipinski definition) is 7. The summed E-state index contributed by atoms with van der Waals surface area (Å²) < 4.78 is 1.56. The lowest BCUT2D eigenvalue weighted by molar-refractivity contribution is -0.110. The number of anilines is 1. The van der Waals surface area contributed by atoms with Crippen LogP contribution in [0.15, 0.2) is 52.7 Å². The average molecular weight is 401 g/mol. The number of aromatic nitrogens is 4. The number of carbonyl (C=O) groups excluding carboxylic acids is 1. The number of carbonyl (C=O) groups is 1. The Morgan fingerprint density at radius 1 is 1.19 bits per heavy atom. The summed E-state index contributed by atoms with van der Waals surface area (Å²) in [5.74, 6) is -0.203. The zero-order chi connectivity index (χ0) is 19.4. The highest BCUT2D eigenvalue weighted by molar-refractivity contribution is 8.15. The predicted octanol–water partition coefficient (Wildman–Crippen LogP) is 4.04. The molecule has 0 aliphatic rings. The van der Waals surface area contributed by atoms with E-state index in [1.165, 1.54) is 6.92 Å². The molecule has 0 saturated heterocycles. The van der Waals surface area contributed by atoms with Gasteiger partial charge in [-0.3, -0.25) is 10.2 Å². The molecule has 3 aromatic rings. The summed E-state index contributed by atoms with van der Waals surface area (Å²) in [4.78, 5) is 12.0. The van der Waals surface area contributed by atoms with E-state index >= 15 is 0 Å². The van der Waals surface area contributed by atoms with Gasteiger partial charge in [0.15, 0.2) is 10.8 Å². The first-order valence-electron chi connectivity index (χ1n) is 8.08. The van der Waals surface area contributed by atoms with Crippen LogP contribution in [-0.4, -0.2) is 31.0 Å². The van der Waals surface area contributed by atoms with Crippen molar-refractivity contribution in [3.63, 3.8) is 0 Å². The molecule has 0 unspecified atom stereocenters. The van der Waals surface area contributed by atoms with Gasteiger partial charge in [-0.05, 0) is 65.9 Å². The fraction of sp³-hybridized carbons (Fsp3) is 0.167. The smallest absolute Gasteiger partial charge is 0.220 e. The third-order valence-electron chi connectivity index (χ3n) is 3.75. The van der Waals surface area contributed by atoms with E-state index in [9.17, 15) is 4.79 Å². The maximum atomic E-state index is 12.0. The minimum absolute atomic E-state index is 0.203. The molecule has 0 atom stereocenters. The van der Waals surface area contributed by atoms with E-state index in [0.717, 1.165) is 34.3 Å². The number of aryl methyl sites for hydroxylation is 1. The molecule has 0 bridgehead atoms. The lowest BCUT2D eigenvalue weighted by Crippen LogP contribution is -2.10. The van der Waals surface area contributed by atoms with Crippen LogP contribution in [0.5, 0.6) is 0 Å². The quantitative estimate of drug-likeness (QED) is 0.301. The number of thioether (sulfide) groups is 1. The molecule has 7 nitrogen and oxygen atoms in total. The zero-order valence-corrected chi connectivity index (χ0v) is 16.5. The summed E-state index contributed by atoms with van der Waals surface area (Å²) >= 11 is 7.21. The van der Waals surface area contributed by atoms with Crippen LogP contribution in [0, 0.1) is 13.8 Å². The third kappa shape index (κ3) is 4.53. The molecule has 0 fully saturated rings. The summed E-state index contributed by atoms with van der Waals surface area (Å²) in [5.41, 5.74) is 6.40. The predicted molar refractivity (Wildman–Crippen MR) is 108 cm³/mol. The molecule has 0 radical (unpaired) electrons. The second-order valence-electron chi connectivity index (χ2n) is 5.81. The molecule has 27 heavy (non-hydrogen) atoms. The molecule has 1 heterocycles. The van der Waals surface area contributed by atoms with E-state index in [-0.39, 0.29) is 10.8 Å². The van der Waals surface area contributed by atoms with Gasteiger partial charge in [0, 0.05) is 11.9 Å². The number of rotatable bonds is 5. The highest BCUT2D eigenvalue weighted by Gasteiger charge is 2.16. The Bertz CT molecular complexity index is 999. The topological polar surface area (TPSA) is 85.1 Å². The Balaban J connectivity index is 1.85. The molecule has 2 aromatic carbocycles. The zero-order valence-electron chi connectivity index (χ0n) is 15.0. The Kier molecular flexibility index (Phi) is 5.88. The molecular formula is C18H17ClN6OS. The first kappa shape index (κ1) is 19.1. The summed E-state index contributed by atoms with van der Waals surface area (Å²) in [6.45, 7) is 5.32. The molecule has 0 saturated carbocycles. The van der Waals surface area contributed by atoms with Crippen LogP contribution in [0.25, 0.3) is 5.69 Å². The van der Waals surface area contributed by atoms with Gasteiger partial charge in [0.05, 0.1) is 11.4 Å². The molecule has 0 aliphatic heterocycles. The molecular weight excluding hydrogens is 384 g/mol. The van der Waals surface area contributed by atoms with Crippen molar-refractivity contribution in [2.45, 2.75) is 25.9 Å². The van der Waals surface area contributed by atoms with Crippen LogP contribution < -0.4 is 5.43 Å². The Labute approximate surface area is 165 Å². The lowest BCUT2D eigenvalue weighted by Gasteiger charge is -2.08. The van der Waals surface area contributed by atoms with Crippen molar-refractivity contribution < 1.29 is 4.79 Å². The standard InChI is InChI=1S/C18H17ClN6OS/c1-11-7-9-14(10-8-11)25-18(22-23-24-25)27-17(13(3)26)21-20-16-6-4-5-15(19)12(16)2/h4-10,20H,1-3H3. The van der Waals surface area contributed by atoms with Crippen molar-refractivity contribution in [2.24, 2.45) is 5.10 Å². The molecule has 9 heteroatoms. The van der Waals surface area contributed by atoms with Gasteiger partial charge in [-0.2, -0.15) is 9.78 Å². The van der Waals surface area contributed by atoms with Gasteiger partial charge in [0.2, 0.25) is 5.16 Å². The fourth-order valence-electron chi connectivity index (χ4n) is 2.19. The number of nitrogens with one attached hydrogen (secondary N) is 1. The van der Waals surface area contributed by atoms with E-state index in [0.29, 0.717) is 10.2 Å². The van der Waals surface area contributed by atoms with E-state index in [4.69, 9.17) is 11.6 Å². The van der Waals surface area contributed by atoms with Gasteiger partial charge in [-0.25, -0.2) is 0 Å². The highest BCUT2D eigenvalue weighted by Crippen LogP contribution is 2.24. The van der Waals surface area contributed by atoms with E-state index in [2.05, 4.69) is 26.1 Å². The summed E-state index contributed by atoms with van der Waals surface area (Å²) in [6.07, 6.45) is 0. The molecule has 0 amide bonds. The number of ketones is 1. The van der Waals surface area contributed by atoms with E-state index < -0.39 is 0 Å². The van der Waals surface area contributed by atoms with Crippen molar-refractivity contribution >= 4 is 39.9 Å². The second kappa shape index (κ2) is 8.32. The molecule has 0 spiro atoms. The monoisotopic (exact) mass is 400 g/mol. The summed E-state index contributed by atoms with van der Waals surface area (Å²) in [5, 5.41) is 17.3. The highest BCUT2D eigenvalue weighted by atomic mass is 35.5. The summed E-state index contributed by atoms with van der Waals surface area (Å²) in [6, 6.07) is 13.2. The van der Waals surface area contributed by atoms with Crippen molar-refractivity contribution in [3.8, 4) is 5.69 Å². The van der Waals surface area contributed by atoms with Gasteiger partial charge < -0.3 is 0 Å². The van der Waals surface area contributed by atoms with Crippen LogP contribution >= 0.6 is 23.4 Å². The Morgan fingerprint density at radius 3 is 2.63 bits per heavy atom. The molecule has 3 rings (SSSR count). The first-order valence-corrected chi connectivity index (χ1v) is 9.28. The minimum Gasteiger partial charge on any atom is -0.292 e. The maximum absolute atomic E-state index is 12.0. The number of halogens is 1. The van der Waals surface area contributed by atoms with Gasteiger partial charge in [0.25, 0.3) is 0 Å². The van der Waals surface area contributed by atoms with Gasteiger partial charge in [-0.15, -0.1) is 5.10 Å². The number of hydrazone groups is 1. The maximum Gasteiger partial charge on any atom is 0.220 e. The lowest BCUT2D eigenvalue weighted by atomic mass is 10.2. The van der Waals surface area contributed by atoms with Crippen LogP contribution in [0.1, 0.15) is 18.1 Å². The van der Waals surface area contributed by atoms with Crippen molar-refractivity contribution in [3.05, 3.63) is 58.6 Å². The Hall–Kier alpha value is -2.71. The molecule has 138 valence electrons. The first-order chi connectivity index (χ1) is 13.0. The van der Waals surface area contributed by atoms with Gasteiger partial charge >= 0.3 is 0 Å². The van der Waals surface area contributed by atoms with Crippen molar-refractivity contribution in [1.29, 1.82) is 0 Å². The van der Waals surface area contributed by atoms with E-state index in [1.54, 1.807) is 10.7 Å². The van der Waals surface area contributed by atoms with Crippen LogP contribution in [-0.2, 0) is 4.79 Å². The van der Waals surface area contributed by atoms with E-state index in [1.807, 2.05) is 50.2 Å². The van der Waals surface area contributed by atoms with Crippen LogP contribution in [0.3, 0.4) is 0 Å². The molecule has 1 N–H and O–H groups in total. The number of tetrazole rings is 1. The summed E-state index contributed by atoms with van der Waals surface area (Å²) in [7, 11) is 0.